The Morgan fingerprint density at radius 3 is 2.83 bits per heavy atom. The molecular weight excluding hydrogens is 282 g/mol. The fourth-order valence-electron chi connectivity index (χ4n) is 1.63. The van der Waals surface area contributed by atoms with Crippen LogP contribution in [0.2, 0.25) is 5.02 Å². The Morgan fingerprint density at radius 1 is 1.39 bits per heavy atom. The van der Waals surface area contributed by atoms with Gasteiger partial charge in [-0.1, -0.05) is 42.4 Å². The van der Waals surface area contributed by atoms with E-state index < -0.39 is 0 Å². The quantitative estimate of drug-likeness (QED) is 0.855. The van der Waals surface area contributed by atoms with Crippen LogP contribution >= 0.6 is 34.7 Å². The minimum Gasteiger partial charge on any atom is -0.327 e. The first-order valence-electron chi connectivity index (χ1n) is 5.94. The van der Waals surface area contributed by atoms with E-state index in [-0.39, 0.29) is 6.04 Å². The van der Waals surface area contributed by atoms with Gasteiger partial charge in [-0.15, -0.1) is 11.3 Å². The number of hydrogen-bond donors (Lipinski definition) is 1. The molecular formula is C14H16ClNS2. The van der Waals surface area contributed by atoms with Crippen molar-refractivity contribution in [2.75, 3.05) is 0 Å². The molecule has 0 aliphatic heterocycles. The third-order valence-electron chi connectivity index (χ3n) is 2.72. The number of thiophene rings is 1. The third-order valence-corrected chi connectivity index (χ3v) is 5.26. The predicted octanol–water partition coefficient (Wildman–Crippen LogP) is 4.83. The van der Waals surface area contributed by atoms with Gasteiger partial charge in [0.1, 0.15) is 0 Å². The first kappa shape index (κ1) is 13.9. The molecule has 1 aromatic heterocycles. The number of rotatable bonds is 5. The minimum atomic E-state index is 0.219. The van der Waals surface area contributed by atoms with Crippen molar-refractivity contribution in [3.8, 4) is 0 Å². The molecule has 0 aliphatic carbocycles. The molecule has 96 valence electrons. The molecule has 2 aromatic rings. The average molecular weight is 298 g/mol. The molecule has 0 fully saturated rings. The van der Waals surface area contributed by atoms with Gasteiger partial charge in [0, 0.05) is 10.9 Å². The van der Waals surface area contributed by atoms with Crippen molar-refractivity contribution < 1.29 is 0 Å². The van der Waals surface area contributed by atoms with Crippen LogP contribution in [0.25, 0.3) is 0 Å². The van der Waals surface area contributed by atoms with E-state index in [1.807, 2.05) is 6.07 Å². The van der Waals surface area contributed by atoms with E-state index in [1.165, 1.54) is 9.77 Å². The van der Waals surface area contributed by atoms with Crippen LogP contribution in [0, 0.1) is 0 Å². The van der Waals surface area contributed by atoms with Gasteiger partial charge in [0.05, 0.1) is 9.23 Å². The molecule has 1 nitrogen and oxygen atoms in total. The average Bonchev–Trinajstić information content (AvgIpc) is 2.85. The number of nitrogens with two attached hydrogens (primary N) is 1. The van der Waals surface area contributed by atoms with Gasteiger partial charge in [-0.2, -0.15) is 0 Å². The second kappa shape index (κ2) is 6.62. The van der Waals surface area contributed by atoms with Gasteiger partial charge in [0.25, 0.3) is 0 Å². The fraction of sp³-hybridized carbons (Fsp3) is 0.286. The summed E-state index contributed by atoms with van der Waals surface area (Å²) in [6.45, 7) is 2.10. The topological polar surface area (TPSA) is 26.0 Å². The standard InChI is InChI=1S/C14H16ClNS2/c1-2-11(16)8-10-5-6-13(12(15)9-10)18-14-4-3-7-17-14/h3-7,9,11H,2,8,16H2,1H3. The zero-order valence-corrected chi connectivity index (χ0v) is 12.6. The Morgan fingerprint density at radius 2 is 2.22 bits per heavy atom. The van der Waals surface area contributed by atoms with E-state index in [9.17, 15) is 0 Å². The van der Waals surface area contributed by atoms with Crippen LogP contribution in [-0.4, -0.2) is 6.04 Å². The van der Waals surface area contributed by atoms with Crippen molar-refractivity contribution in [3.05, 3.63) is 46.3 Å². The number of halogens is 1. The third kappa shape index (κ3) is 3.75. The summed E-state index contributed by atoms with van der Waals surface area (Å²) in [5, 5.41) is 2.89. The highest BCUT2D eigenvalue weighted by atomic mass is 35.5. The Bertz CT molecular complexity index is 497. The first-order chi connectivity index (χ1) is 8.69. The molecule has 0 saturated heterocycles. The SMILES string of the molecule is CCC(N)Cc1ccc(Sc2cccs2)c(Cl)c1. The van der Waals surface area contributed by atoms with Crippen LogP contribution < -0.4 is 5.73 Å². The van der Waals surface area contributed by atoms with Gasteiger partial charge in [-0.3, -0.25) is 0 Å². The van der Waals surface area contributed by atoms with Crippen molar-refractivity contribution in [2.45, 2.75) is 34.9 Å². The highest BCUT2D eigenvalue weighted by Crippen LogP contribution is 2.36. The van der Waals surface area contributed by atoms with Crippen LogP contribution in [0.15, 0.2) is 44.8 Å². The second-order valence-electron chi connectivity index (χ2n) is 4.17. The molecule has 1 aromatic carbocycles. The highest BCUT2D eigenvalue weighted by molar-refractivity contribution is 8.01. The summed E-state index contributed by atoms with van der Waals surface area (Å²) >= 11 is 9.75. The molecule has 0 amide bonds. The zero-order valence-electron chi connectivity index (χ0n) is 10.2. The molecule has 0 radical (unpaired) electrons. The largest absolute Gasteiger partial charge is 0.327 e. The molecule has 0 bridgehead atoms. The molecule has 4 heteroatoms. The molecule has 1 atom stereocenters. The monoisotopic (exact) mass is 297 g/mol. The second-order valence-corrected chi connectivity index (χ2v) is 6.87. The summed E-state index contributed by atoms with van der Waals surface area (Å²) < 4.78 is 1.26. The molecule has 18 heavy (non-hydrogen) atoms. The van der Waals surface area contributed by atoms with E-state index >= 15 is 0 Å². The summed E-state index contributed by atoms with van der Waals surface area (Å²) in [6.07, 6.45) is 1.88. The zero-order chi connectivity index (χ0) is 13.0. The lowest BCUT2D eigenvalue weighted by Gasteiger charge is -2.10. The maximum absolute atomic E-state index is 6.32. The highest BCUT2D eigenvalue weighted by Gasteiger charge is 2.07. The van der Waals surface area contributed by atoms with Gasteiger partial charge >= 0.3 is 0 Å². The Balaban J connectivity index is 2.10. The molecule has 0 saturated carbocycles. The van der Waals surface area contributed by atoms with E-state index in [1.54, 1.807) is 23.1 Å². The van der Waals surface area contributed by atoms with Crippen molar-refractivity contribution >= 4 is 34.7 Å². The van der Waals surface area contributed by atoms with Crippen LogP contribution in [0.4, 0.5) is 0 Å². The van der Waals surface area contributed by atoms with Crippen LogP contribution in [0.5, 0.6) is 0 Å². The molecule has 0 spiro atoms. The molecule has 0 aliphatic rings. The van der Waals surface area contributed by atoms with E-state index in [0.717, 1.165) is 22.8 Å². The van der Waals surface area contributed by atoms with Gasteiger partial charge in [-0.05, 0) is 42.0 Å². The van der Waals surface area contributed by atoms with E-state index in [2.05, 4.69) is 36.6 Å². The lowest BCUT2D eigenvalue weighted by Crippen LogP contribution is -2.21. The van der Waals surface area contributed by atoms with E-state index in [4.69, 9.17) is 17.3 Å². The summed E-state index contributed by atoms with van der Waals surface area (Å²) in [5.41, 5.74) is 7.17. The first-order valence-corrected chi connectivity index (χ1v) is 8.02. The molecule has 2 N–H and O–H groups in total. The lowest BCUT2D eigenvalue weighted by molar-refractivity contribution is 0.646. The minimum absolute atomic E-state index is 0.219. The number of hydrogen-bond acceptors (Lipinski definition) is 3. The van der Waals surface area contributed by atoms with Crippen LogP contribution in [0.1, 0.15) is 18.9 Å². The Kier molecular flexibility index (Phi) is 5.13. The van der Waals surface area contributed by atoms with Crippen LogP contribution in [0.3, 0.4) is 0 Å². The summed E-state index contributed by atoms with van der Waals surface area (Å²) in [5.74, 6) is 0. The van der Waals surface area contributed by atoms with Crippen molar-refractivity contribution in [2.24, 2.45) is 5.73 Å². The lowest BCUT2D eigenvalue weighted by atomic mass is 10.1. The molecule has 2 rings (SSSR count). The van der Waals surface area contributed by atoms with Gasteiger partial charge in [0.15, 0.2) is 0 Å². The summed E-state index contributed by atoms with van der Waals surface area (Å²) in [6, 6.07) is 10.6. The van der Waals surface area contributed by atoms with E-state index in [0.29, 0.717) is 0 Å². The maximum atomic E-state index is 6.32. The van der Waals surface area contributed by atoms with Crippen molar-refractivity contribution in [1.29, 1.82) is 0 Å². The smallest absolute Gasteiger partial charge is 0.0646 e. The Hall–Kier alpha value is -0.480. The van der Waals surface area contributed by atoms with Crippen LogP contribution in [-0.2, 0) is 6.42 Å². The van der Waals surface area contributed by atoms with Crippen molar-refractivity contribution in [3.63, 3.8) is 0 Å². The van der Waals surface area contributed by atoms with Gasteiger partial charge in [0.2, 0.25) is 0 Å². The maximum Gasteiger partial charge on any atom is 0.0646 e. The summed E-state index contributed by atoms with van der Waals surface area (Å²) in [4.78, 5) is 1.10. The molecule has 1 unspecified atom stereocenters. The normalized spacial score (nSPS) is 12.6. The summed E-state index contributed by atoms with van der Waals surface area (Å²) in [7, 11) is 0. The molecule has 1 heterocycles. The van der Waals surface area contributed by atoms with Crippen molar-refractivity contribution in [1.82, 2.24) is 0 Å². The van der Waals surface area contributed by atoms with Gasteiger partial charge in [-0.25, -0.2) is 0 Å². The predicted molar refractivity (Wildman–Crippen MR) is 81.9 cm³/mol. The number of benzene rings is 1. The Labute approximate surface area is 121 Å². The fourth-order valence-corrected chi connectivity index (χ4v) is 3.68. The van der Waals surface area contributed by atoms with Gasteiger partial charge < -0.3 is 5.73 Å².